The van der Waals surface area contributed by atoms with Gasteiger partial charge in [-0.1, -0.05) is 13.8 Å². The van der Waals surface area contributed by atoms with E-state index < -0.39 is 0 Å². The third kappa shape index (κ3) is 1.79. The Balaban J connectivity index is 1.64. The van der Waals surface area contributed by atoms with Gasteiger partial charge in [0.25, 0.3) is 0 Å². The molecule has 3 aliphatic carbocycles. The lowest BCUT2D eigenvalue weighted by molar-refractivity contribution is -0.193. The number of hydrogen-bond donors (Lipinski definition) is 1. The van der Waals surface area contributed by atoms with E-state index in [2.05, 4.69) is 13.8 Å². The van der Waals surface area contributed by atoms with Crippen LogP contribution in [0.4, 0.5) is 0 Å². The molecule has 7 unspecified atom stereocenters. The van der Waals surface area contributed by atoms with E-state index in [1.54, 1.807) is 0 Å². The van der Waals surface area contributed by atoms with Crippen LogP contribution in [-0.2, 0) is 9.53 Å². The van der Waals surface area contributed by atoms with Crippen LogP contribution in [0.5, 0.6) is 0 Å². The molecule has 4 aliphatic rings. The van der Waals surface area contributed by atoms with Crippen molar-refractivity contribution in [2.45, 2.75) is 77.4 Å². The van der Waals surface area contributed by atoms with Crippen LogP contribution in [0, 0.1) is 28.6 Å². The van der Waals surface area contributed by atoms with Gasteiger partial charge in [0.05, 0.1) is 6.10 Å². The van der Waals surface area contributed by atoms with Gasteiger partial charge in [-0.3, -0.25) is 4.79 Å². The van der Waals surface area contributed by atoms with Crippen molar-refractivity contribution in [3.63, 3.8) is 0 Å². The van der Waals surface area contributed by atoms with Gasteiger partial charge in [-0.2, -0.15) is 0 Å². The fraction of sp³-hybridized carbons (Fsp3) is 0.944. The van der Waals surface area contributed by atoms with Crippen LogP contribution in [0.1, 0.15) is 65.2 Å². The molecule has 4 rings (SSSR count). The van der Waals surface area contributed by atoms with E-state index in [4.69, 9.17) is 4.74 Å². The van der Waals surface area contributed by atoms with Crippen molar-refractivity contribution in [1.29, 1.82) is 0 Å². The highest BCUT2D eigenvalue weighted by Gasteiger charge is 2.60. The number of rotatable bonds is 0. The standard InChI is InChI=1S/C18H28O3/c1-17-9-7-13-11(12(17)4-5-14(17)19)3-6-15-18(13,2)10-8-16(20)21-15/h11-15,19H,3-10H2,1-2H3. The number of carbonyl (C=O) groups is 1. The van der Waals surface area contributed by atoms with E-state index in [1.807, 2.05) is 0 Å². The Bertz CT molecular complexity index is 461. The largest absolute Gasteiger partial charge is 0.462 e. The van der Waals surface area contributed by atoms with E-state index in [0.717, 1.165) is 31.6 Å². The minimum Gasteiger partial charge on any atom is -0.462 e. The Morgan fingerprint density at radius 1 is 1.00 bits per heavy atom. The quantitative estimate of drug-likeness (QED) is 0.697. The van der Waals surface area contributed by atoms with Crippen LogP contribution in [0.2, 0.25) is 0 Å². The lowest BCUT2D eigenvalue weighted by atomic mass is 9.48. The molecular formula is C18H28O3. The maximum Gasteiger partial charge on any atom is 0.306 e. The summed E-state index contributed by atoms with van der Waals surface area (Å²) in [5, 5.41) is 10.4. The van der Waals surface area contributed by atoms with E-state index in [0.29, 0.717) is 18.3 Å². The molecule has 7 atom stereocenters. The van der Waals surface area contributed by atoms with Crippen molar-refractivity contribution in [3.8, 4) is 0 Å². The second-order valence-corrected chi connectivity index (χ2v) is 8.58. The monoisotopic (exact) mass is 292 g/mol. The smallest absolute Gasteiger partial charge is 0.306 e. The Hall–Kier alpha value is -0.570. The number of esters is 1. The van der Waals surface area contributed by atoms with Crippen LogP contribution in [-0.4, -0.2) is 23.3 Å². The minimum atomic E-state index is -0.0989. The van der Waals surface area contributed by atoms with Gasteiger partial charge in [0.2, 0.25) is 0 Å². The first-order valence-corrected chi connectivity index (χ1v) is 8.83. The summed E-state index contributed by atoms with van der Waals surface area (Å²) in [6.07, 6.45) is 8.41. The highest BCUT2D eigenvalue weighted by Crippen LogP contribution is 2.64. The molecule has 0 amide bonds. The van der Waals surface area contributed by atoms with Gasteiger partial charge < -0.3 is 9.84 Å². The zero-order chi connectivity index (χ0) is 14.8. The van der Waals surface area contributed by atoms with Crippen LogP contribution in [0.3, 0.4) is 0 Å². The fourth-order valence-electron chi connectivity index (χ4n) is 6.52. The number of aliphatic hydroxyl groups excluding tert-OH is 1. The first-order valence-electron chi connectivity index (χ1n) is 8.83. The molecule has 1 aliphatic heterocycles. The van der Waals surface area contributed by atoms with Crippen molar-refractivity contribution >= 4 is 5.97 Å². The fourth-order valence-corrected chi connectivity index (χ4v) is 6.52. The van der Waals surface area contributed by atoms with E-state index in [-0.39, 0.29) is 29.0 Å². The van der Waals surface area contributed by atoms with Crippen molar-refractivity contribution in [3.05, 3.63) is 0 Å². The predicted molar refractivity (Wildman–Crippen MR) is 79.5 cm³/mol. The molecular weight excluding hydrogens is 264 g/mol. The van der Waals surface area contributed by atoms with Crippen molar-refractivity contribution in [2.24, 2.45) is 28.6 Å². The second-order valence-electron chi connectivity index (χ2n) is 8.58. The van der Waals surface area contributed by atoms with Gasteiger partial charge in [-0.15, -0.1) is 0 Å². The summed E-state index contributed by atoms with van der Waals surface area (Å²) >= 11 is 0. The summed E-state index contributed by atoms with van der Waals surface area (Å²) in [5.74, 6) is 2.11. The highest BCUT2D eigenvalue weighted by molar-refractivity contribution is 5.70. The predicted octanol–water partition coefficient (Wildman–Crippen LogP) is 3.30. The third-order valence-electron chi connectivity index (χ3n) is 7.87. The van der Waals surface area contributed by atoms with Gasteiger partial charge in [0.1, 0.15) is 6.10 Å². The molecule has 21 heavy (non-hydrogen) atoms. The van der Waals surface area contributed by atoms with Gasteiger partial charge in [0.15, 0.2) is 0 Å². The summed E-state index contributed by atoms with van der Waals surface area (Å²) in [4.78, 5) is 11.6. The molecule has 0 aromatic carbocycles. The first kappa shape index (κ1) is 14.0. The molecule has 1 saturated heterocycles. The minimum absolute atomic E-state index is 0.00728. The average molecular weight is 292 g/mol. The van der Waals surface area contributed by atoms with Crippen molar-refractivity contribution in [1.82, 2.24) is 0 Å². The highest BCUT2D eigenvalue weighted by atomic mass is 16.5. The second kappa shape index (κ2) is 4.47. The molecule has 0 aromatic heterocycles. The Morgan fingerprint density at radius 3 is 2.57 bits per heavy atom. The van der Waals surface area contributed by atoms with Gasteiger partial charge in [-0.05, 0) is 68.1 Å². The van der Waals surface area contributed by atoms with Crippen molar-refractivity contribution in [2.75, 3.05) is 0 Å². The number of aliphatic hydroxyl groups is 1. The number of fused-ring (bicyclic) bond motifs is 5. The molecule has 3 heteroatoms. The normalized spacial score (nSPS) is 56.1. The molecule has 0 radical (unpaired) electrons. The molecule has 0 aromatic rings. The number of carbonyl (C=O) groups excluding carboxylic acids is 1. The molecule has 118 valence electrons. The molecule has 3 saturated carbocycles. The van der Waals surface area contributed by atoms with E-state index in [9.17, 15) is 9.90 Å². The maximum absolute atomic E-state index is 11.6. The molecule has 0 bridgehead atoms. The van der Waals surface area contributed by atoms with Gasteiger partial charge in [0, 0.05) is 11.8 Å². The van der Waals surface area contributed by atoms with Crippen LogP contribution in [0.25, 0.3) is 0 Å². The molecule has 4 fully saturated rings. The Morgan fingerprint density at radius 2 is 1.76 bits per heavy atom. The number of hydrogen-bond acceptors (Lipinski definition) is 3. The van der Waals surface area contributed by atoms with Crippen LogP contribution in [0.15, 0.2) is 0 Å². The molecule has 0 spiro atoms. The van der Waals surface area contributed by atoms with Gasteiger partial charge in [-0.25, -0.2) is 0 Å². The number of ether oxygens (including phenoxy) is 1. The topological polar surface area (TPSA) is 46.5 Å². The average Bonchev–Trinajstić information content (AvgIpc) is 2.76. The summed E-state index contributed by atoms with van der Waals surface area (Å²) in [5.41, 5.74) is 0.335. The zero-order valence-electron chi connectivity index (χ0n) is 13.3. The van der Waals surface area contributed by atoms with E-state index in [1.165, 1.54) is 19.3 Å². The first-order chi connectivity index (χ1) is 9.95. The summed E-state index contributed by atoms with van der Waals surface area (Å²) in [6.45, 7) is 4.69. The Labute approximate surface area is 127 Å². The van der Waals surface area contributed by atoms with Crippen LogP contribution < -0.4 is 0 Å². The van der Waals surface area contributed by atoms with Crippen LogP contribution >= 0.6 is 0 Å². The zero-order valence-corrected chi connectivity index (χ0v) is 13.3. The lowest BCUT2D eigenvalue weighted by Crippen LogP contribution is -2.56. The SMILES string of the molecule is CC12CCC3C(CCC4OC(=O)CCC43C)C1CCC2O. The summed E-state index contributed by atoms with van der Waals surface area (Å²) in [7, 11) is 0. The van der Waals surface area contributed by atoms with Crippen molar-refractivity contribution < 1.29 is 14.6 Å². The summed E-state index contributed by atoms with van der Waals surface area (Å²) < 4.78 is 5.71. The van der Waals surface area contributed by atoms with Gasteiger partial charge >= 0.3 is 5.97 Å². The molecule has 3 nitrogen and oxygen atoms in total. The summed E-state index contributed by atoms with van der Waals surface area (Å²) in [6, 6.07) is 0. The maximum atomic E-state index is 11.6. The van der Waals surface area contributed by atoms with E-state index >= 15 is 0 Å². The third-order valence-corrected chi connectivity index (χ3v) is 7.87. The lowest BCUT2D eigenvalue weighted by Gasteiger charge is -2.59. The molecule has 1 heterocycles. The molecule has 1 N–H and O–H groups in total. The Kier molecular flexibility index (Phi) is 2.99.